The Morgan fingerprint density at radius 1 is 1.50 bits per heavy atom. The van der Waals surface area contributed by atoms with E-state index in [1.54, 1.807) is 11.3 Å². The third-order valence-electron chi connectivity index (χ3n) is 3.21. The van der Waals surface area contributed by atoms with E-state index in [1.165, 1.54) is 19.3 Å². The second kappa shape index (κ2) is 3.76. The van der Waals surface area contributed by atoms with Crippen molar-refractivity contribution in [2.75, 3.05) is 0 Å². The highest BCUT2D eigenvalue weighted by Gasteiger charge is 2.26. The molecular weight excluding hydrogens is 218 g/mol. The van der Waals surface area contributed by atoms with Crippen LogP contribution in [-0.2, 0) is 0 Å². The van der Waals surface area contributed by atoms with Crippen LogP contribution in [0.1, 0.15) is 36.4 Å². The molecule has 1 saturated carbocycles. The van der Waals surface area contributed by atoms with E-state index in [-0.39, 0.29) is 0 Å². The predicted octanol–water partition coefficient (Wildman–Crippen LogP) is 3.28. The maximum Gasteiger partial charge on any atom is 0.111 e. The molecule has 0 bridgehead atoms. The highest BCUT2D eigenvalue weighted by molar-refractivity contribution is 7.08. The molecule has 0 amide bonds. The lowest BCUT2D eigenvalue weighted by atomic mass is 9.81. The van der Waals surface area contributed by atoms with Gasteiger partial charge in [-0.1, -0.05) is 6.42 Å². The van der Waals surface area contributed by atoms with Crippen molar-refractivity contribution in [3.63, 3.8) is 0 Å². The van der Waals surface area contributed by atoms with Crippen molar-refractivity contribution in [2.45, 2.75) is 25.2 Å². The summed E-state index contributed by atoms with van der Waals surface area (Å²) in [7, 11) is 0. The van der Waals surface area contributed by atoms with E-state index < -0.39 is 0 Å². The van der Waals surface area contributed by atoms with Gasteiger partial charge in [0.25, 0.3) is 0 Å². The highest BCUT2D eigenvalue weighted by atomic mass is 32.1. The second-order valence-corrected chi connectivity index (χ2v) is 4.89. The first-order valence-corrected chi connectivity index (χ1v) is 6.35. The van der Waals surface area contributed by atoms with Crippen LogP contribution in [0.25, 0.3) is 11.3 Å². The molecule has 1 fully saturated rings. The van der Waals surface area contributed by atoms with Gasteiger partial charge in [0.05, 0.1) is 5.69 Å². The molecule has 4 heteroatoms. The minimum absolute atomic E-state index is 0.523. The minimum Gasteiger partial charge on any atom is -0.280 e. The maximum absolute atomic E-state index is 9.25. The van der Waals surface area contributed by atoms with Gasteiger partial charge >= 0.3 is 0 Å². The van der Waals surface area contributed by atoms with Crippen LogP contribution in [0.3, 0.4) is 0 Å². The molecule has 0 atom stereocenters. The van der Waals surface area contributed by atoms with Gasteiger partial charge in [-0.3, -0.25) is 5.10 Å². The summed E-state index contributed by atoms with van der Waals surface area (Å²) in [6.45, 7) is 0. The first kappa shape index (κ1) is 9.61. The van der Waals surface area contributed by atoms with Crippen molar-refractivity contribution in [3.8, 4) is 17.3 Å². The number of thiophene rings is 1. The van der Waals surface area contributed by atoms with Crippen molar-refractivity contribution in [3.05, 3.63) is 28.1 Å². The van der Waals surface area contributed by atoms with Crippen molar-refractivity contribution in [1.82, 2.24) is 10.2 Å². The second-order valence-electron chi connectivity index (χ2n) is 4.11. The summed E-state index contributed by atoms with van der Waals surface area (Å²) in [4.78, 5) is 0. The maximum atomic E-state index is 9.25. The molecular formula is C12H11N3S. The molecule has 0 radical (unpaired) electrons. The van der Waals surface area contributed by atoms with Gasteiger partial charge in [0.15, 0.2) is 0 Å². The van der Waals surface area contributed by atoms with E-state index in [4.69, 9.17) is 0 Å². The van der Waals surface area contributed by atoms with E-state index in [1.807, 2.05) is 16.8 Å². The molecule has 0 aromatic carbocycles. The van der Waals surface area contributed by atoms with Crippen molar-refractivity contribution in [1.29, 1.82) is 5.26 Å². The molecule has 0 aliphatic heterocycles. The van der Waals surface area contributed by atoms with Crippen LogP contribution in [0, 0.1) is 11.3 Å². The number of aromatic nitrogens is 2. The standard InChI is InChI=1S/C12H11N3S/c13-6-10-11(8-2-1-3-8)14-15-12(10)9-4-5-16-7-9/h4-5,7-8H,1-3H2,(H,14,15). The molecule has 1 N–H and O–H groups in total. The molecule has 2 heterocycles. The Morgan fingerprint density at radius 2 is 2.38 bits per heavy atom. The van der Waals surface area contributed by atoms with E-state index >= 15 is 0 Å². The van der Waals surface area contributed by atoms with Crippen LogP contribution in [-0.4, -0.2) is 10.2 Å². The van der Waals surface area contributed by atoms with Gasteiger partial charge in [-0.25, -0.2) is 0 Å². The van der Waals surface area contributed by atoms with Crippen LogP contribution in [0.5, 0.6) is 0 Å². The van der Waals surface area contributed by atoms with Crippen LogP contribution in [0.2, 0.25) is 0 Å². The number of nitriles is 1. The Hall–Kier alpha value is -1.60. The Bertz CT molecular complexity index is 529. The van der Waals surface area contributed by atoms with Gasteiger partial charge in [0, 0.05) is 16.9 Å². The topological polar surface area (TPSA) is 52.5 Å². The number of H-pyrrole nitrogens is 1. The van der Waals surface area contributed by atoms with Crippen LogP contribution in [0.4, 0.5) is 0 Å². The normalized spacial score (nSPS) is 15.7. The first-order chi connectivity index (χ1) is 7.90. The van der Waals surface area contributed by atoms with E-state index in [2.05, 4.69) is 16.3 Å². The van der Waals surface area contributed by atoms with Crippen LogP contribution in [0.15, 0.2) is 16.8 Å². The number of aromatic amines is 1. The van der Waals surface area contributed by atoms with Crippen LogP contribution < -0.4 is 0 Å². The van der Waals surface area contributed by atoms with Crippen molar-refractivity contribution >= 4 is 11.3 Å². The molecule has 0 saturated heterocycles. The molecule has 80 valence electrons. The molecule has 0 spiro atoms. The Kier molecular flexibility index (Phi) is 2.26. The summed E-state index contributed by atoms with van der Waals surface area (Å²) in [5, 5.41) is 20.6. The first-order valence-electron chi connectivity index (χ1n) is 5.41. The van der Waals surface area contributed by atoms with Crippen LogP contribution >= 0.6 is 11.3 Å². The van der Waals surface area contributed by atoms with Gasteiger partial charge in [0.2, 0.25) is 0 Å². The SMILES string of the molecule is N#Cc1c(-c2ccsc2)n[nH]c1C1CCC1. The van der Waals surface area contributed by atoms with E-state index in [0.717, 1.165) is 22.5 Å². The zero-order chi connectivity index (χ0) is 11.0. The zero-order valence-electron chi connectivity index (χ0n) is 8.73. The van der Waals surface area contributed by atoms with Gasteiger partial charge in [-0.2, -0.15) is 21.7 Å². The van der Waals surface area contributed by atoms with Gasteiger partial charge in [-0.05, 0) is 24.3 Å². The fourth-order valence-corrected chi connectivity index (χ4v) is 2.71. The third-order valence-corrected chi connectivity index (χ3v) is 3.90. The molecule has 3 rings (SSSR count). The number of nitrogens with zero attached hydrogens (tertiary/aromatic N) is 2. The number of rotatable bonds is 2. The lowest BCUT2D eigenvalue weighted by Gasteiger charge is -2.23. The Balaban J connectivity index is 2.07. The van der Waals surface area contributed by atoms with Crippen molar-refractivity contribution < 1.29 is 0 Å². The van der Waals surface area contributed by atoms with Gasteiger partial charge < -0.3 is 0 Å². The smallest absolute Gasteiger partial charge is 0.111 e. The molecule has 2 aromatic rings. The number of hydrogen-bond donors (Lipinski definition) is 1. The minimum atomic E-state index is 0.523. The molecule has 1 aliphatic carbocycles. The molecule has 3 nitrogen and oxygen atoms in total. The predicted molar refractivity (Wildman–Crippen MR) is 63.2 cm³/mol. The fraction of sp³-hybridized carbons (Fsp3) is 0.333. The Morgan fingerprint density at radius 3 is 2.94 bits per heavy atom. The quantitative estimate of drug-likeness (QED) is 0.859. The summed E-state index contributed by atoms with van der Waals surface area (Å²) in [5.41, 5.74) is 3.63. The van der Waals surface area contributed by atoms with Gasteiger partial charge in [0.1, 0.15) is 17.3 Å². The monoisotopic (exact) mass is 229 g/mol. The average Bonchev–Trinajstić information content (AvgIpc) is 2.81. The van der Waals surface area contributed by atoms with E-state index in [9.17, 15) is 5.26 Å². The molecule has 0 unspecified atom stereocenters. The summed E-state index contributed by atoms with van der Waals surface area (Å²) < 4.78 is 0. The van der Waals surface area contributed by atoms with Crippen molar-refractivity contribution in [2.24, 2.45) is 0 Å². The van der Waals surface area contributed by atoms with E-state index in [0.29, 0.717) is 5.92 Å². The number of hydrogen-bond acceptors (Lipinski definition) is 3. The average molecular weight is 229 g/mol. The number of nitrogens with one attached hydrogen (secondary N) is 1. The third kappa shape index (κ3) is 1.36. The summed E-state index contributed by atoms with van der Waals surface area (Å²) >= 11 is 1.63. The molecule has 1 aliphatic rings. The molecule has 2 aromatic heterocycles. The summed E-state index contributed by atoms with van der Waals surface area (Å²) in [5.74, 6) is 0.523. The fourth-order valence-electron chi connectivity index (χ4n) is 2.07. The lowest BCUT2D eigenvalue weighted by Crippen LogP contribution is -2.10. The van der Waals surface area contributed by atoms with Gasteiger partial charge in [-0.15, -0.1) is 0 Å². The Labute approximate surface area is 97.7 Å². The summed E-state index contributed by atoms with van der Waals surface area (Å²) in [6.07, 6.45) is 3.63. The lowest BCUT2D eigenvalue weighted by molar-refractivity contribution is 0.410. The molecule has 16 heavy (non-hydrogen) atoms. The largest absolute Gasteiger partial charge is 0.280 e. The highest BCUT2D eigenvalue weighted by Crippen LogP contribution is 2.39. The summed E-state index contributed by atoms with van der Waals surface area (Å²) in [6, 6.07) is 4.30. The zero-order valence-corrected chi connectivity index (χ0v) is 9.55.